The SMILES string of the molecule is Cc1cc(O[Si](C)(C)C)cc(=O)o1. The largest absolute Gasteiger partial charge is 0.544 e. The van der Waals surface area contributed by atoms with Crippen LogP contribution in [0.3, 0.4) is 0 Å². The minimum atomic E-state index is -1.62. The minimum Gasteiger partial charge on any atom is -0.544 e. The summed E-state index contributed by atoms with van der Waals surface area (Å²) in [6.07, 6.45) is 0. The molecule has 4 heteroatoms. The zero-order chi connectivity index (χ0) is 10.1. The Hall–Kier alpha value is -1.03. The van der Waals surface area contributed by atoms with Gasteiger partial charge in [0.1, 0.15) is 11.5 Å². The second kappa shape index (κ2) is 3.37. The van der Waals surface area contributed by atoms with Gasteiger partial charge in [-0.25, -0.2) is 4.79 Å². The molecule has 1 aromatic heterocycles. The smallest absolute Gasteiger partial charge is 0.339 e. The number of hydrogen-bond acceptors (Lipinski definition) is 3. The Morgan fingerprint density at radius 1 is 1.31 bits per heavy atom. The lowest BCUT2D eigenvalue weighted by Gasteiger charge is -2.18. The highest BCUT2D eigenvalue weighted by atomic mass is 28.4. The molecule has 72 valence electrons. The van der Waals surface area contributed by atoms with Crippen molar-refractivity contribution < 1.29 is 8.84 Å². The summed E-state index contributed by atoms with van der Waals surface area (Å²) in [6.45, 7) is 7.93. The summed E-state index contributed by atoms with van der Waals surface area (Å²) in [7, 11) is -1.62. The van der Waals surface area contributed by atoms with Crippen molar-refractivity contribution in [2.75, 3.05) is 0 Å². The van der Waals surface area contributed by atoms with Gasteiger partial charge in [0.2, 0.25) is 8.32 Å². The van der Waals surface area contributed by atoms with E-state index in [0.717, 1.165) is 0 Å². The molecule has 1 heterocycles. The van der Waals surface area contributed by atoms with E-state index in [0.29, 0.717) is 11.5 Å². The molecule has 0 unspecified atom stereocenters. The van der Waals surface area contributed by atoms with Crippen LogP contribution in [-0.4, -0.2) is 8.32 Å². The van der Waals surface area contributed by atoms with Crippen molar-refractivity contribution in [3.05, 3.63) is 28.3 Å². The monoisotopic (exact) mass is 198 g/mol. The molecule has 0 aliphatic rings. The molecule has 0 aromatic carbocycles. The molecule has 0 fully saturated rings. The summed E-state index contributed by atoms with van der Waals surface area (Å²) in [5.74, 6) is 1.20. The van der Waals surface area contributed by atoms with Crippen molar-refractivity contribution in [2.45, 2.75) is 26.6 Å². The Morgan fingerprint density at radius 2 is 1.92 bits per heavy atom. The third-order valence-corrected chi connectivity index (χ3v) is 2.14. The van der Waals surface area contributed by atoms with Crippen molar-refractivity contribution in [1.29, 1.82) is 0 Å². The molecule has 0 aliphatic heterocycles. The zero-order valence-corrected chi connectivity index (χ0v) is 9.38. The van der Waals surface area contributed by atoms with Gasteiger partial charge in [0, 0.05) is 6.07 Å². The molecule has 0 radical (unpaired) electrons. The van der Waals surface area contributed by atoms with Gasteiger partial charge in [-0.05, 0) is 26.6 Å². The highest BCUT2D eigenvalue weighted by Crippen LogP contribution is 2.14. The molecule has 1 rings (SSSR count). The summed E-state index contributed by atoms with van der Waals surface area (Å²) in [6, 6.07) is 3.12. The van der Waals surface area contributed by atoms with Gasteiger partial charge in [-0.2, -0.15) is 0 Å². The van der Waals surface area contributed by atoms with E-state index in [1.165, 1.54) is 6.07 Å². The maximum atomic E-state index is 11.0. The Bertz CT molecular complexity index is 349. The van der Waals surface area contributed by atoms with Crippen molar-refractivity contribution in [3.8, 4) is 5.75 Å². The van der Waals surface area contributed by atoms with E-state index in [-0.39, 0.29) is 5.63 Å². The lowest BCUT2D eigenvalue weighted by Crippen LogP contribution is -2.29. The first-order chi connectivity index (χ1) is 5.87. The van der Waals surface area contributed by atoms with Gasteiger partial charge < -0.3 is 8.84 Å². The molecule has 3 nitrogen and oxygen atoms in total. The van der Waals surface area contributed by atoms with Crippen molar-refractivity contribution in [1.82, 2.24) is 0 Å². The fourth-order valence-corrected chi connectivity index (χ4v) is 1.81. The van der Waals surface area contributed by atoms with Crippen molar-refractivity contribution in [3.63, 3.8) is 0 Å². The first-order valence-electron chi connectivity index (χ1n) is 4.18. The Balaban J connectivity index is 2.96. The summed E-state index contributed by atoms with van der Waals surface area (Å²) >= 11 is 0. The third-order valence-electron chi connectivity index (χ3n) is 1.29. The Morgan fingerprint density at radius 3 is 2.38 bits per heavy atom. The maximum absolute atomic E-state index is 11.0. The van der Waals surface area contributed by atoms with E-state index >= 15 is 0 Å². The Kier molecular flexibility index (Phi) is 2.61. The van der Waals surface area contributed by atoms with Crippen molar-refractivity contribution in [2.24, 2.45) is 0 Å². The predicted molar refractivity (Wildman–Crippen MR) is 53.7 cm³/mol. The molecule has 0 amide bonds. The van der Waals surface area contributed by atoms with E-state index in [4.69, 9.17) is 8.84 Å². The van der Waals surface area contributed by atoms with Gasteiger partial charge >= 0.3 is 5.63 Å². The fourth-order valence-electron chi connectivity index (χ4n) is 0.988. The van der Waals surface area contributed by atoms with Gasteiger partial charge in [-0.15, -0.1) is 0 Å². The van der Waals surface area contributed by atoms with Crippen LogP contribution in [0.4, 0.5) is 0 Å². The first kappa shape index (κ1) is 10.1. The molecule has 13 heavy (non-hydrogen) atoms. The normalized spacial score (nSPS) is 11.4. The highest BCUT2D eigenvalue weighted by Gasteiger charge is 2.16. The lowest BCUT2D eigenvalue weighted by atomic mass is 10.4. The van der Waals surface area contributed by atoms with Gasteiger partial charge in [0.05, 0.1) is 6.07 Å². The molecular weight excluding hydrogens is 184 g/mol. The van der Waals surface area contributed by atoms with Crippen molar-refractivity contribution >= 4 is 8.32 Å². The summed E-state index contributed by atoms with van der Waals surface area (Å²) < 4.78 is 10.5. The average Bonchev–Trinajstić information content (AvgIpc) is 1.78. The number of rotatable bonds is 2. The molecule has 0 saturated carbocycles. The van der Waals surface area contributed by atoms with Crippen LogP contribution in [0.1, 0.15) is 5.76 Å². The molecule has 0 atom stereocenters. The molecule has 0 saturated heterocycles. The number of aryl methyl sites for hydroxylation is 1. The van der Waals surface area contributed by atoms with E-state index in [9.17, 15) is 4.79 Å². The van der Waals surface area contributed by atoms with Crippen LogP contribution in [-0.2, 0) is 0 Å². The molecule has 0 aliphatic carbocycles. The maximum Gasteiger partial charge on any atom is 0.339 e. The van der Waals surface area contributed by atoms with Crippen LogP contribution in [0.25, 0.3) is 0 Å². The van der Waals surface area contributed by atoms with Gasteiger partial charge in [-0.1, -0.05) is 0 Å². The molecular formula is C9H14O3Si. The number of hydrogen-bond donors (Lipinski definition) is 0. The molecule has 1 aromatic rings. The van der Waals surface area contributed by atoms with Gasteiger partial charge in [0.25, 0.3) is 0 Å². The third kappa shape index (κ3) is 3.46. The average molecular weight is 198 g/mol. The topological polar surface area (TPSA) is 39.4 Å². The second-order valence-corrected chi connectivity index (χ2v) is 8.37. The standard InChI is InChI=1S/C9H14O3Si/c1-7-5-8(6-9(10)11-7)12-13(2,3)4/h5-6H,1-4H3. The predicted octanol–water partition coefficient (Wildman–Crippen LogP) is 2.16. The van der Waals surface area contributed by atoms with E-state index < -0.39 is 8.32 Å². The fraction of sp³-hybridized carbons (Fsp3) is 0.444. The lowest BCUT2D eigenvalue weighted by molar-refractivity contribution is 0.462. The molecule has 0 bridgehead atoms. The van der Waals surface area contributed by atoms with E-state index in [1.54, 1.807) is 13.0 Å². The quantitative estimate of drug-likeness (QED) is 0.684. The van der Waals surface area contributed by atoms with Crippen LogP contribution in [0, 0.1) is 6.92 Å². The van der Waals surface area contributed by atoms with Crippen LogP contribution in [0.2, 0.25) is 19.6 Å². The highest BCUT2D eigenvalue weighted by molar-refractivity contribution is 6.70. The van der Waals surface area contributed by atoms with Crippen LogP contribution < -0.4 is 10.1 Å². The van der Waals surface area contributed by atoms with Gasteiger partial charge in [-0.3, -0.25) is 0 Å². The second-order valence-electron chi connectivity index (χ2n) is 3.94. The van der Waals surface area contributed by atoms with E-state index in [2.05, 4.69) is 19.6 Å². The van der Waals surface area contributed by atoms with Crippen LogP contribution >= 0.6 is 0 Å². The zero-order valence-electron chi connectivity index (χ0n) is 8.38. The molecule has 0 spiro atoms. The van der Waals surface area contributed by atoms with Crippen LogP contribution in [0.15, 0.2) is 21.3 Å². The van der Waals surface area contributed by atoms with Gasteiger partial charge in [0.15, 0.2) is 0 Å². The summed E-state index contributed by atoms with van der Waals surface area (Å²) in [4.78, 5) is 11.0. The van der Waals surface area contributed by atoms with Crippen LogP contribution in [0.5, 0.6) is 5.75 Å². The minimum absolute atomic E-state index is 0.353. The molecule has 0 N–H and O–H groups in total. The van der Waals surface area contributed by atoms with E-state index in [1.807, 2.05) is 0 Å². The summed E-state index contributed by atoms with van der Waals surface area (Å²) in [5.41, 5.74) is -0.353. The first-order valence-corrected chi connectivity index (χ1v) is 7.58. The summed E-state index contributed by atoms with van der Waals surface area (Å²) in [5, 5.41) is 0. The Labute approximate surface area is 78.5 Å².